The van der Waals surface area contributed by atoms with Gasteiger partial charge in [0.2, 0.25) is 0 Å². The van der Waals surface area contributed by atoms with E-state index < -0.39 is 0 Å². The third-order valence-electron chi connectivity index (χ3n) is 4.22. The van der Waals surface area contributed by atoms with Gasteiger partial charge in [0.25, 0.3) is 0 Å². The van der Waals surface area contributed by atoms with E-state index in [-0.39, 0.29) is 0 Å². The molecule has 3 aliphatic rings. The summed E-state index contributed by atoms with van der Waals surface area (Å²) in [5.41, 5.74) is 0. The van der Waals surface area contributed by atoms with Gasteiger partial charge < -0.3 is 10.1 Å². The first-order chi connectivity index (χ1) is 7.42. The maximum Gasteiger partial charge on any atom is 0.0700 e. The van der Waals surface area contributed by atoms with Gasteiger partial charge >= 0.3 is 0 Å². The van der Waals surface area contributed by atoms with Crippen LogP contribution in [0, 0.1) is 17.8 Å². The highest BCUT2D eigenvalue weighted by Gasteiger charge is 2.35. The monoisotopic (exact) mass is 207 g/mol. The van der Waals surface area contributed by atoms with E-state index in [9.17, 15) is 0 Å². The fourth-order valence-electron chi connectivity index (χ4n) is 3.36. The van der Waals surface area contributed by atoms with Crippen molar-refractivity contribution in [2.45, 2.75) is 31.8 Å². The van der Waals surface area contributed by atoms with Crippen molar-refractivity contribution in [1.82, 2.24) is 5.32 Å². The molecular weight excluding hydrogens is 186 g/mol. The second kappa shape index (κ2) is 4.26. The predicted octanol–water partition coefficient (Wildman–Crippen LogP) is 1.97. The van der Waals surface area contributed by atoms with Crippen molar-refractivity contribution >= 4 is 0 Å². The Morgan fingerprint density at radius 1 is 1.20 bits per heavy atom. The average Bonchev–Trinajstić information content (AvgIpc) is 2.93. The molecule has 4 atom stereocenters. The van der Waals surface area contributed by atoms with Gasteiger partial charge in [0.1, 0.15) is 0 Å². The third kappa shape index (κ3) is 2.11. The summed E-state index contributed by atoms with van der Waals surface area (Å²) in [4.78, 5) is 0. The number of ether oxygens (including phenoxy) is 1. The highest BCUT2D eigenvalue weighted by atomic mass is 16.5. The summed E-state index contributed by atoms with van der Waals surface area (Å²) in [5.74, 6) is 2.69. The van der Waals surface area contributed by atoms with Crippen LogP contribution < -0.4 is 5.32 Å². The van der Waals surface area contributed by atoms with Crippen molar-refractivity contribution in [2.75, 3.05) is 19.7 Å². The molecule has 0 aromatic heterocycles. The van der Waals surface area contributed by atoms with Crippen molar-refractivity contribution in [1.29, 1.82) is 0 Å². The van der Waals surface area contributed by atoms with Gasteiger partial charge in [-0.05, 0) is 50.0 Å². The van der Waals surface area contributed by atoms with Crippen LogP contribution in [-0.2, 0) is 4.74 Å². The minimum atomic E-state index is 0.499. The third-order valence-corrected chi connectivity index (χ3v) is 4.22. The zero-order valence-corrected chi connectivity index (χ0v) is 9.32. The lowest BCUT2D eigenvalue weighted by atomic mass is 9.93. The molecule has 15 heavy (non-hydrogen) atoms. The first-order valence-corrected chi connectivity index (χ1v) is 6.42. The molecular formula is C13H21NO. The summed E-state index contributed by atoms with van der Waals surface area (Å²) in [6.07, 6.45) is 10.7. The quantitative estimate of drug-likeness (QED) is 0.712. The highest BCUT2D eigenvalue weighted by Crippen LogP contribution is 2.42. The van der Waals surface area contributed by atoms with Crippen LogP contribution in [0.5, 0.6) is 0 Å². The van der Waals surface area contributed by atoms with E-state index in [1.807, 2.05) is 0 Å². The lowest BCUT2D eigenvalue weighted by molar-refractivity contribution is 0.109. The lowest BCUT2D eigenvalue weighted by Crippen LogP contribution is -2.31. The Kier molecular flexibility index (Phi) is 2.80. The molecule has 0 amide bonds. The van der Waals surface area contributed by atoms with Crippen LogP contribution >= 0.6 is 0 Å². The van der Waals surface area contributed by atoms with Crippen molar-refractivity contribution in [3.63, 3.8) is 0 Å². The van der Waals surface area contributed by atoms with E-state index in [4.69, 9.17) is 4.74 Å². The van der Waals surface area contributed by atoms with Crippen LogP contribution in [0.1, 0.15) is 25.7 Å². The van der Waals surface area contributed by atoms with Gasteiger partial charge in [0, 0.05) is 13.2 Å². The first-order valence-electron chi connectivity index (χ1n) is 6.42. The smallest absolute Gasteiger partial charge is 0.0700 e. The molecule has 1 heterocycles. The molecule has 3 rings (SSSR count). The Labute approximate surface area is 92.1 Å². The maximum atomic E-state index is 5.60. The summed E-state index contributed by atoms with van der Waals surface area (Å²) in [6, 6.07) is 0. The number of allylic oxidation sites excluding steroid dienone is 2. The molecule has 0 aromatic rings. The van der Waals surface area contributed by atoms with Gasteiger partial charge in [-0.15, -0.1) is 0 Å². The first kappa shape index (κ1) is 9.86. The van der Waals surface area contributed by atoms with E-state index >= 15 is 0 Å². The molecule has 2 unspecified atom stereocenters. The Morgan fingerprint density at radius 3 is 2.87 bits per heavy atom. The van der Waals surface area contributed by atoms with E-state index in [2.05, 4.69) is 17.5 Å². The van der Waals surface area contributed by atoms with Crippen molar-refractivity contribution in [3.8, 4) is 0 Å². The van der Waals surface area contributed by atoms with E-state index in [1.54, 1.807) is 0 Å². The van der Waals surface area contributed by atoms with Gasteiger partial charge in [-0.3, -0.25) is 0 Å². The molecule has 2 aliphatic carbocycles. The summed E-state index contributed by atoms with van der Waals surface area (Å²) in [6.45, 7) is 3.24. The summed E-state index contributed by atoms with van der Waals surface area (Å²) in [5, 5.41) is 3.60. The maximum absolute atomic E-state index is 5.60. The van der Waals surface area contributed by atoms with E-state index in [0.29, 0.717) is 6.10 Å². The van der Waals surface area contributed by atoms with Crippen LogP contribution in [0.2, 0.25) is 0 Å². The molecule has 1 saturated heterocycles. The Hall–Kier alpha value is -0.340. The second-order valence-corrected chi connectivity index (χ2v) is 5.33. The zero-order chi connectivity index (χ0) is 10.1. The van der Waals surface area contributed by atoms with Gasteiger partial charge in [0.15, 0.2) is 0 Å². The fourth-order valence-corrected chi connectivity index (χ4v) is 3.36. The minimum absolute atomic E-state index is 0.499. The van der Waals surface area contributed by atoms with Crippen LogP contribution in [0.4, 0.5) is 0 Å². The van der Waals surface area contributed by atoms with Gasteiger partial charge in [-0.2, -0.15) is 0 Å². The minimum Gasteiger partial charge on any atom is -0.377 e. The highest BCUT2D eigenvalue weighted by molar-refractivity contribution is 5.10. The molecule has 2 nitrogen and oxygen atoms in total. The molecule has 1 saturated carbocycles. The number of nitrogens with one attached hydrogen (secondary N) is 1. The van der Waals surface area contributed by atoms with Crippen LogP contribution in [-0.4, -0.2) is 25.8 Å². The molecule has 1 aliphatic heterocycles. The summed E-state index contributed by atoms with van der Waals surface area (Å²) < 4.78 is 5.60. The van der Waals surface area contributed by atoms with E-state index in [1.165, 1.54) is 32.2 Å². The normalized spacial score (nSPS) is 42.9. The zero-order valence-electron chi connectivity index (χ0n) is 9.32. The molecule has 1 N–H and O–H groups in total. The molecule has 2 bridgehead atoms. The number of fused-ring (bicyclic) bond motifs is 2. The Morgan fingerprint density at radius 2 is 2.20 bits per heavy atom. The topological polar surface area (TPSA) is 21.3 Å². The molecule has 2 fully saturated rings. The lowest BCUT2D eigenvalue weighted by Gasteiger charge is -2.19. The largest absolute Gasteiger partial charge is 0.377 e. The van der Waals surface area contributed by atoms with E-state index in [0.717, 1.165) is 30.9 Å². The van der Waals surface area contributed by atoms with Crippen LogP contribution in [0.3, 0.4) is 0 Å². The fraction of sp³-hybridized carbons (Fsp3) is 0.846. The summed E-state index contributed by atoms with van der Waals surface area (Å²) in [7, 11) is 0. The number of hydrogen-bond donors (Lipinski definition) is 1. The molecule has 0 radical (unpaired) electrons. The van der Waals surface area contributed by atoms with Gasteiger partial charge in [-0.1, -0.05) is 12.2 Å². The van der Waals surface area contributed by atoms with Crippen molar-refractivity contribution in [2.24, 2.45) is 17.8 Å². The SMILES string of the molecule is C1=C[C@H]2C[C@@H]1CC2CNCC1CCCO1. The standard InChI is InChI=1S/C13H21NO/c1-2-13(15-5-1)9-14-8-12-7-10-3-4-11(12)6-10/h3-4,10-14H,1-2,5-9H2/t10-,11+,12?,13?/m1/s1. The van der Waals surface area contributed by atoms with Gasteiger partial charge in [-0.25, -0.2) is 0 Å². The second-order valence-electron chi connectivity index (χ2n) is 5.33. The number of hydrogen-bond acceptors (Lipinski definition) is 2. The number of rotatable bonds is 4. The van der Waals surface area contributed by atoms with Crippen molar-refractivity contribution in [3.05, 3.63) is 12.2 Å². The summed E-state index contributed by atoms with van der Waals surface area (Å²) >= 11 is 0. The van der Waals surface area contributed by atoms with Crippen LogP contribution in [0.15, 0.2) is 12.2 Å². The van der Waals surface area contributed by atoms with Crippen LogP contribution in [0.25, 0.3) is 0 Å². The molecule has 84 valence electrons. The van der Waals surface area contributed by atoms with Crippen molar-refractivity contribution < 1.29 is 4.74 Å². The average molecular weight is 207 g/mol. The molecule has 0 aromatic carbocycles. The predicted molar refractivity (Wildman–Crippen MR) is 60.7 cm³/mol. The molecule has 2 heteroatoms. The van der Waals surface area contributed by atoms with Gasteiger partial charge in [0.05, 0.1) is 6.10 Å². The Balaban J connectivity index is 1.38. The Bertz CT molecular complexity index is 245. The molecule has 0 spiro atoms.